The molecule has 2 aromatic rings. The predicted molar refractivity (Wildman–Crippen MR) is 103 cm³/mol. The molecule has 1 aliphatic heterocycles. The summed E-state index contributed by atoms with van der Waals surface area (Å²) >= 11 is 0. The molecule has 1 aromatic heterocycles. The number of hydrogen-bond acceptors (Lipinski definition) is 5. The third-order valence-electron chi connectivity index (χ3n) is 4.67. The highest BCUT2D eigenvalue weighted by Crippen LogP contribution is 2.30. The van der Waals surface area contributed by atoms with Crippen molar-refractivity contribution in [1.29, 1.82) is 0 Å². The van der Waals surface area contributed by atoms with Crippen molar-refractivity contribution < 1.29 is 9.18 Å². The van der Waals surface area contributed by atoms with E-state index in [0.717, 1.165) is 6.54 Å². The van der Waals surface area contributed by atoms with Crippen LogP contribution in [0.2, 0.25) is 0 Å². The number of halogens is 1. The highest BCUT2D eigenvalue weighted by molar-refractivity contribution is 5.96. The maximum Gasteiger partial charge on any atom is 0.252 e. The van der Waals surface area contributed by atoms with Crippen LogP contribution in [-0.4, -0.2) is 61.6 Å². The Kier molecular flexibility index (Phi) is 5.55. The molecule has 0 bridgehead atoms. The fraction of sp³-hybridized carbons (Fsp3) is 0.421. The Morgan fingerprint density at radius 2 is 1.89 bits per heavy atom. The van der Waals surface area contributed by atoms with Gasteiger partial charge in [-0.3, -0.25) is 14.6 Å². The Balaban J connectivity index is 1.79. The van der Waals surface area contributed by atoms with Crippen molar-refractivity contribution in [3.8, 4) is 0 Å². The standard InChI is InChI=1S/C19H24FN5O2/c1-23(2)8-9-24(3)19-21-16(11-17(26)22-19)13-10-18(27)25(12-13)15-6-4-14(20)5-7-15/h4-7,11,13H,8-10,12H2,1-3H3,(H,21,22,26)/t13-/m1/s1. The van der Waals surface area contributed by atoms with Gasteiger partial charge in [-0.1, -0.05) is 0 Å². The molecule has 1 aliphatic rings. The van der Waals surface area contributed by atoms with Crippen LogP contribution in [0, 0.1) is 5.82 Å². The quantitative estimate of drug-likeness (QED) is 0.829. The van der Waals surface area contributed by atoms with E-state index in [4.69, 9.17) is 0 Å². The van der Waals surface area contributed by atoms with Crippen LogP contribution >= 0.6 is 0 Å². The number of carbonyl (C=O) groups excluding carboxylic acids is 1. The number of H-pyrrole nitrogens is 1. The van der Waals surface area contributed by atoms with E-state index < -0.39 is 0 Å². The molecule has 1 amide bonds. The molecule has 8 heteroatoms. The van der Waals surface area contributed by atoms with E-state index in [1.54, 1.807) is 17.0 Å². The summed E-state index contributed by atoms with van der Waals surface area (Å²) in [5.41, 5.74) is 1.01. The molecule has 0 saturated carbocycles. The van der Waals surface area contributed by atoms with E-state index in [1.165, 1.54) is 18.2 Å². The minimum atomic E-state index is -0.344. The van der Waals surface area contributed by atoms with E-state index in [-0.39, 0.29) is 29.6 Å². The highest BCUT2D eigenvalue weighted by Gasteiger charge is 2.33. The molecule has 0 aliphatic carbocycles. The zero-order valence-electron chi connectivity index (χ0n) is 15.8. The molecule has 0 unspecified atom stereocenters. The van der Waals surface area contributed by atoms with E-state index >= 15 is 0 Å². The first-order valence-electron chi connectivity index (χ1n) is 8.86. The van der Waals surface area contributed by atoms with Gasteiger partial charge >= 0.3 is 0 Å². The molecule has 1 atom stereocenters. The number of hydrogen-bond donors (Lipinski definition) is 1. The van der Waals surface area contributed by atoms with Gasteiger partial charge in [-0.2, -0.15) is 0 Å². The van der Waals surface area contributed by atoms with E-state index in [9.17, 15) is 14.0 Å². The molecular formula is C19H24FN5O2. The summed E-state index contributed by atoms with van der Waals surface area (Å²) in [6, 6.07) is 7.29. The third-order valence-corrected chi connectivity index (χ3v) is 4.67. The topological polar surface area (TPSA) is 72.5 Å². The Labute approximate surface area is 157 Å². The van der Waals surface area contributed by atoms with Crippen LogP contribution in [0.3, 0.4) is 0 Å². The number of benzene rings is 1. The summed E-state index contributed by atoms with van der Waals surface area (Å²) in [5, 5.41) is 0. The number of aromatic nitrogens is 2. The maximum atomic E-state index is 13.1. The summed E-state index contributed by atoms with van der Waals surface area (Å²) < 4.78 is 13.1. The number of nitrogens with one attached hydrogen (secondary N) is 1. The first kappa shape index (κ1) is 19.0. The highest BCUT2D eigenvalue weighted by atomic mass is 19.1. The normalized spacial score (nSPS) is 17.0. The fourth-order valence-corrected chi connectivity index (χ4v) is 3.09. The number of likely N-dealkylation sites (N-methyl/N-ethyl adjacent to an activating group) is 2. The van der Waals surface area contributed by atoms with Gasteiger partial charge < -0.3 is 14.7 Å². The summed E-state index contributed by atoms with van der Waals surface area (Å²) in [4.78, 5) is 37.4. The van der Waals surface area contributed by atoms with Crippen molar-refractivity contribution in [2.75, 3.05) is 50.6 Å². The second-order valence-electron chi connectivity index (χ2n) is 7.10. The minimum absolute atomic E-state index is 0.0591. The Morgan fingerprint density at radius 1 is 1.19 bits per heavy atom. The lowest BCUT2D eigenvalue weighted by Crippen LogP contribution is -2.31. The zero-order valence-corrected chi connectivity index (χ0v) is 15.8. The minimum Gasteiger partial charge on any atom is -0.344 e. The van der Waals surface area contributed by atoms with Crippen LogP contribution < -0.4 is 15.4 Å². The number of carbonyl (C=O) groups is 1. The summed E-state index contributed by atoms with van der Waals surface area (Å²) in [6.45, 7) is 1.96. The number of anilines is 2. The first-order chi connectivity index (χ1) is 12.8. The molecule has 3 rings (SSSR count). The van der Waals surface area contributed by atoms with Gasteiger partial charge in [0.15, 0.2) is 0 Å². The first-order valence-corrected chi connectivity index (χ1v) is 8.86. The van der Waals surface area contributed by atoms with Crippen LogP contribution in [0.5, 0.6) is 0 Å². The number of amides is 1. The monoisotopic (exact) mass is 373 g/mol. The fourth-order valence-electron chi connectivity index (χ4n) is 3.09. The Morgan fingerprint density at radius 3 is 2.56 bits per heavy atom. The van der Waals surface area contributed by atoms with Crippen molar-refractivity contribution in [3.63, 3.8) is 0 Å². The van der Waals surface area contributed by atoms with Crippen LogP contribution in [0.25, 0.3) is 0 Å². The van der Waals surface area contributed by atoms with Gasteiger partial charge in [0.05, 0.1) is 5.69 Å². The molecule has 27 heavy (non-hydrogen) atoms. The van der Waals surface area contributed by atoms with Crippen LogP contribution in [0.1, 0.15) is 18.0 Å². The van der Waals surface area contributed by atoms with Crippen LogP contribution in [0.15, 0.2) is 35.1 Å². The van der Waals surface area contributed by atoms with Gasteiger partial charge in [-0.05, 0) is 38.4 Å². The number of rotatable bonds is 6. The van der Waals surface area contributed by atoms with Gasteiger partial charge in [-0.25, -0.2) is 9.37 Å². The summed E-state index contributed by atoms with van der Waals surface area (Å²) in [7, 11) is 5.83. The van der Waals surface area contributed by atoms with Crippen molar-refractivity contribution in [2.24, 2.45) is 0 Å². The Hall–Kier alpha value is -2.74. The van der Waals surface area contributed by atoms with E-state index in [0.29, 0.717) is 30.4 Å². The number of aromatic amines is 1. The molecule has 1 fully saturated rings. The lowest BCUT2D eigenvalue weighted by Gasteiger charge is -2.21. The molecule has 1 saturated heterocycles. The molecule has 0 radical (unpaired) electrons. The Bertz CT molecular complexity index is 865. The zero-order chi connectivity index (χ0) is 19.6. The largest absolute Gasteiger partial charge is 0.344 e. The van der Waals surface area contributed by atoms with Crippen molar-refractivity contribution >= 4 is 17.5 Å². The molecule has 1 N–H and O–H groups in total. The van der Waals surface area contributed by atoms with Crippen molar-refractivity contribution in [3.05, 3.63) is 52.2 Å². The predicted octanol–water partition coefficient (Wildman–Crippen LogP) is 1.43. The number of nitrogens with zero attached hydrogens (tertiary/aromatic N) is 4. The second-order valence-corrected chi connectivity index (χ2v) is 7.10. The van der Waals surface area contributed by atoms with Gasteiger partial charge in [0.25, 0.3) is 5.56 Å². The van der Waals surface area contributed by atoms with Crippen LogP contribution in [-0.2, 0) is 4.79 Å². The molecule has 0 spiro atoms. The summed E-state index contributed by atoms with van der Waals surface area (Å²) in [6.07, 6.45) is 0.273. The lowest BCUT2D eigenvalue weighted by atomic mass is 10.0. The lowest BCUT2D eigenvalue weighted by molar-refractivity contribution is -0.117. The second kappa shape index (κ2) is 7.87. The van der Waals surface area contributed by atoms with Gasteiger partial charge in [-0.15, -0.1) is 0 Å². The maximum absolute atomic E-state index is 13.1. The van der Waals surface area contributed by atoms with Gasteiger partial charge in [0.1, 0.15) is 5.82 Å². The molecule has 144 valence electrons. The molecular weight excluding hydrogens is 349 g/mol. The third kappa shape index (κ3) is 4.51. The summed E-state index contributed by atoms with van der Waals surface area (Å²) in [5.74, 6) is -0.0855. The molecule has 7 nitrogen and oxygen atoms in total. The van der Waals surface area contributed by atoms with E-state index in [1.807, 2.05) is 26.0 Å². The van der Waals surface area contributed by atoms with Gasteiger partial charge in [0, 0.05) is 50.8 Å². The van der Waals surface area contributed by atoms with Crippen molar-refractivity contribution in [2.45, 2.75) is 12.3 Å². The SMILES string of the molecule is CN(C)CCN(C)c1nc([C@@H]2CC(=O)N(c3ccc(F)cc3)C2)cc(=O)[nH]1. The average Bonchev–Trinajstić information content (AvgIpc) is 3.01. The molecule has 2 heterocycles. The van der Waals surface area contributed by atoms with Crippen molar-refractivity contribution in [1.82, 2.24) is 14.9 Å². The van der Waals surface area contributed by atoms with E-state index in [2.05, 4.69) is 14.9 Å². The smallest absolute Gasteiger partial charge is 0.252 e. The molecule has 1 aromatic carbocycles. The van der Waals surface area contributed by atoms with Crippen LogP contribution in [0.4, 0.5) is 16.0 Å². The van der Waals surface area contributed by atoms with Gasteiger partial charge in [0.2, 0.25) is 11.9 Å². The average molecular weight is 373 g/mol.